The lowest BCUT2D eigenvalue weighted by Gasteiger charge is -2.25. The van der Waals surface area contributed by atoms with E-state index in [0.717, 1.165) is 31.4 Å². The van der Waals surface area contributed by atoms with E-state index in [0.29, 0.717) is 12.1 Å². The molecule has 1 atom stereocenters. The first-order chi connectivity index (χ1) is 13.5. The lowest BCUT2D eigenvalue weighted by molar-refractivity contribution is 0.0736. The Labute approximate surface area is 167 Å². The summed E-state index contributed by atoms with van der Waals surface area (Å²) in [5.74, 6) is 0.0930. The molecular formula is C23H29N3O2. The van der Waals surface area contributed by atoms with Crippen LogP contribution in [0.2, 0.25) is 0 Å². The molecule has 1 unspecified atom stereocenters. The molecule has 2 N–H and O–H groups in total. The molecule has 1 fully saturated rings. The Morgan fingerprint density at radius 2 is 1.75 bits per heavy atom. The lowest BCUT2D eigenvalue weighted by Crippen LogP contribution is -2.39. The Bertz CT molecular complexity index is 787. The zero-order valence-electron chi connectivity index (χ0n) is 16.7. The average molecular weight is 380 g/mol. The molecule has 1 heterocycles. The van der Waals surface area contributed by atoms with Crippen LogP contribution < -0.4 is 10.6 Å². The standard InChI is InChI=1S/C23H29N3O2/c1-17(2)25-23(28)24-16-19-10-12-20(13-11-19)22(27)26-14-6-9-21(26)15-18-7-4-3-5-8-18/h3-5,7-8,10-13,17,21H,6,9,14-16H2,1-2H3,(H2,24,25,28). The molecule has 5 nitrogen and oxygen atoms in total. The van der Waals surface area contributed by atoms with Crippen LogP contribution in [0.4, 0.5) is 4.79 Å². The van der Waals surface area contributed by atoms with E-state index in [4.69, 9.17) is 0 Å². The molecule has 2 aromatic rings. The molecule has 0 bridgehead atoms. The Balaban J connectivity index is 1.58. The number of hydrogen-bond acceptors (Lipinski definition) is 2. The van der Waals surface area contributed by atoms with Gasteiger partial charge < -0.3 is 15.5 Å². The lowest BCUT2D eigenvalue weighted by atomic mass is 10.0. The fraction of sp³-hybridized carbons (Fsp3) is 0.391. The number of likely N-dealkylation sites (tertiary alicyclic amines) is 1. The van der Waals surface area contributed by atoms with Crippen molar-refractivity contribution in [3.05, 3.63) is 71.3 Å². The van der Waals surface area contributed by atoms with Gasteiger partial charge in [0.2, 0.25) is 0 Å². The van der Waals surface area contributed by atoms with Crippen LogP contribution in [0.25, 0.3) is 0 Å². The van der Waals surface area contributed by atoms with Gasteiger partial charge in [0.25, 0.3) is 5.91 Å². The van der Waals surface area contributed by atoms with E-state index in [2.05, 4.69) is 22.8 Å². The first-order valence-electron chi connectivity index (χ1n) is 10.0. The predicted molar refractivity (Wildman–Crippen MR) is 111 cm³/mol. The number of nitrogens with one attached hydrogen (secondary N) is 2. The molecule has 0 radical (unpaired) electrons. The Hall–Kier alpha value is -2.82. The van der Waals surface area contributed by atoms with Crippen molar-refractivity contribution in [2.75, 3.05) is 6.54 Å². The molecule has 2 aromatic carbocycles. The maximum atomic E-state index is 13.0. The van der Waals surface area contributed by atoms with Crippen molar-refractivity contribution in [2.45, 2.75) is 51.7 Å². The quantitative estimate of drug-likeness (QED) is 0.803. The molecule has 0 saturated carbocycles. The number of nitrogens with zero attached hydrogens (tertiary/aromatic N) is 1. The van der Waals surface area contributed by atoms with Gasteiger partial charge in [-0.1, -0.05) is 42.5 Å². The highest BCUT2D eigenvalue weighted by atomic mass is 16.2. The summed E-state index contributed by atoms with van der Waals surface area (Å²) in [6.45, 7) is 5.09. The largest absolute Gasteiger partial charge is 0.336 e. The number of carbonyl (C=O) groups excluding carboxylic acids is 2. The third-order valence-corrected chi connectivity index (χ3v) is 5.03. The van der Waals surface area contributed by atoms with E-state index < -0.39 is 0 Å². The maximum Gasteiger partial charge on any atom is 0.315 e. The van der Waals surface area contributed by atoms with Crippen molar-refractivity contribution in [1.82, 2.24) is 15.5 Å². The average Bonchev–Trinajstić information content (AvgIpc) is 3.14. The van der Waals surface area contributed by atoms with Gasteiger partial charge in [-0.25, -0.2) is 4.79 Å². The molecule has 0 spiro atoms. The van der Waals surface area contributed by atoms with E-state index in [1.165, 1.54) is 5.56 Å². The van der Waals surface area contributed by atoms with Crippen LogP contribution in [0.1, 0.15) is 48.2 Å². The summed E-state index contributed by atoms with van der Waals surface area (Å²) in [5.41, 5.74) is 2.95. The molecular weight excluding hydrogens is 350 g/mol. The van der Waals surface area contributed by atoms with Crippen LogP contribution in [0.3, 0.4) is 0 Å². The van der Waals surface area contributed by atoms with Crippen molar-refractivity contribution in [3.63, 3.8) is 0 Å². The van der Waals surface area contributed by atoms with Crippen LogP contribution in [-0.4, -0.2) is 35.5 Å². The number of benzene rings is 2. The summed E-state index contributed by atoms with van der Waals surface area (Å²) in [6.07, 6.45) is 3.00. The minimum Gasteiger partial charge on any atom is -0.336 e. The van der Waals surface area contributed by atoms with Gasteiger partial charge >= 0.3 is 6.03 Å². The van der Waals surface area contributed by atoms with E-state index in [9.17, 15) is 9.59 Å². The molecule has 3 rings (SSSR count). The van der Waals surface area contributed by atoms with Gasteiger partial charge in [-0.3, -0.25) is 4.79 Å². The zero-order valence-corrected chi connectivity index (χ0v) is 16.7. The normalized spacial score (nSPS) is 16.2. The molecule has 148 valence electrons. The smallest absolute Gasteiger partial charge is 0.315 e. The van der Waals surface area contributed by atoms with Crippen LogP contribution >= 0.6 is 0 Å². The molecule has 0 aliphatic carbocycles. The topological polar surface area (TPSA) is 61.4 Å². The van der Waals surface area contributed by atoms with Crippen molar-refractivity contribution in [1.29, 1.82) is 0 Å². The number of rotatable bonds is 6. The summed E-state index contributed by atoms with van der Waals surface area (Å²) in [6, 6.07) is 18.1. The van der Waals surface area contributed by atoms with Crippen LogP contribution in [-0.2, 0) is 13.0 Å². The van der Waals surface area contributed by atoms with Crippen LogP contribution in [0.15, 0.2) is 54.6 Å². The first-order valence-corrected chi connectivity index (χ1v) is 10.0. The Morgan fingerprint density at radius 3 is 2.43 bits per heavy atom. The third-order valence-electron chi connectivity index (χ3n) is 5.03. The van der Waals surface area contributed by atoms with Gasteiger partial charge in [0, 0.05) is 30.7 Å². The molecule has 5 heteroatoms. The summed E-state index contributed by atoms with van der Waals surface area (Å²) in [7, 11) is 0. The minimum absolute atomic E-state index is 0.0930. The summed E-state index contributed by atoms with van der Waals surface area (Å²) >= 11 is 0. The Morgan fingerprint density at radius 1 is 1.04 bits per heavy atom. The molecule has 28 heavy (non-hydrogen) atoms. The number of amides is 3. The van der Waals surface area contributed by atoms with E-state index >= 15 is 0 Å². The van der Waals surface area contributed by atoms with E-state index in [-0.39, 0.29) is 24.0 Å². The SMILES string of the molecule is CC(C)NC(=O)NCc1ccc(C(=O)N2CCCC2Cc2ccccc2)cc1. The van der Waals surface area contributed by atoms with Gasteiger partial charge in [-0.05, 0) is 56.4 Å². The van der Waals surface area contributed by atoms with Gasteiger partial charge in [-0.2, -0.15) is 0 Å². The molecule has 0 aromatic heterocycles. The van der Waals surface area contributed by atoms with Crippen molar-refractivity contribution >= 4 is 11.9 Å². The summed E-state index contributed by atoms with van der Waals surface area (Å²) in [4.78, 5) is 26.7. The fourth-order valence-electron chi connectivity index (χ4n) is 3.63. The summed E-state index contributed by atoms with van der Waals surface area (Å²) < 4.78 is 0. The van der Waals surface area contributed by atoms with Crippen LogP contribution in [0.5, 0.6) is 0 Å². The van der Waals surface area contributed by atoms with Gasteiger partial charge in [0.05, 0.1) is 0 Å². The number of urea groups is 1. The number of hydrogen-bond donors (Lipinski definition) is 2. The highest BCUT2D eigenvalue weighted by Crippen LogP contribution is 2.23. The number of carbonyl (C=O) groups is 2. The van der Waals surface area contributed by atoms with Gasteiger partial charge in [-0.15, -0.1) is 0 Å². The fourth-order valence-corrected chi connectivity index (χ4v) is 3.63. The highest BCUT2D eigenvalue weighted by molar-refractivity contribution is 5.94. The van der Waals surface area contributed by atoms with E-state index in [1.807, 2.05) is 61.2 Å². The summed E-state index contributed by atoms with van der Waals surface area (Å²) in [5, 5.41) is 5.62. The minimum atomic E-state index is -0.184. The van der Waals surface area contributed by atoms with Gasteiger partial charge in [0.1, 0.15) is 0 Å². The molecule has 1 aliphatic heterocycles. The van der Waals surface area contributed by atoms with Crippen molar-refractivity contribution in [3.8, 4) is 0 Å². The monoisotopic (exact) mass is 379 g/mol. The maximum absolute atomic E-state index is 13.0. The second-order valence-corrected chi connectivity index (χ2v) is 7.66. The zero-order chi connectivity index (χ0) is 19.9. The first kappa shape index (κ1) is 19.9. The van der Waals surface area contributed by atoms with Crippen LogP contribution in [0, 0.1) is 0 Å². The third kappa shape index (κ3) is 5.35. The molecule has 1 aliphatic rings. The second-order valence-electron chi connectivity index (χ2n) is 7.66. The molecule has 3 amide bonds. The van der Waals surface area contributed by atoms with E-state index in [1.54, 1.807) is 0 Å². The Kier molecular flexibility index (Phi) is 6.69. The highest BCUT2D eigenvalue weighted by Gasteiger charge is 2.29. The predicted octanol–water partition coefficient (Wildman–Crippen LogP) is 3.74. The second kappa shape index (κ2) is 9.40. The van der Waals surface area contributed by atoms with Gasteiger partial charge in [0.15, 0.2) is 0 Å². The molecule has 1 saturated heterocycles. The van der Waals surface area contributed by atoms with Crippen molar-refractivity contribution < 1.29 is 9.59 Å². The van der Waals surface area contributed by atoms with Crippen molar-refractivity contribution in [2.24, 2.45) is 0 Å².